The maximum atomic E-state index is 8.45. The number of aliphatic hydroxyl groups excluding tert-OH is 1. The molecule has 0 aliphatic heterocycles. The van der Waals surface area contributed by atoms with Gasteiger partial charge in [-0.05, 0) is 0 Å². The Bertz CT molecular complexity index is 227. The predicted molar refractivity (Wildman–Crippen MR) is 70.7 cm³/mol. The molecule has 0 fully saturated rings. The predicted octanol–water partition coefficient (Wildman–Crippen LogP) is 0.909. The molecule has 0 radical (unpaired) electrons. The van der Waals surface area contributed by atoms with E-state index >= 15 is 0 Å². The second-order valence-corrected chi connectivity index (χ2v) is 9.30. The number of aliphatic hydroxyl groups is 1. The molecule has 0 aromatic rings. The fourth-order valence-electron chi connectivity index (χ4n) is 0.929. The Labute approximate surface area is 105 Å². The molecule has 0 atom stereocenters. The molecule has 0 amide bonds. The molecule has 100 valence electrons. The molecule has 4 nitrogen and oxygen atoms in total. The van der Waals surface area contributed by atoms with Crippen molar-refractivity contribution >= 4 is 8.07 Å². The quantitative estimate of drug-likeness (QED) is 0.380. The molecule has 1 N–H and O–H groups in total. The first-order chi connectivity index (χ1) is 8.06. The van der Waals surface area contributed by atoms with Crippen LogP contribution >= 0.6 is 0 Å². The lowest BCUT2D eigenvalue weighted by Crippen LogP contribution is -2.16. The Morgan fingerprint density at radius 2 is 1.41 bits per heavy atom. The third-order valence-electron chi connectivity index (χ3n) is 1.62. The highest BCUT2D eigenvalue weighted by Crippen LogP contribution is 1.95. The fraction of sp³-hybridized carbons (Fsp3) is 0.833. The minimum absolute atomic E-state index is 0.0544. The zero-order chi connectivity index (χ0) is 13.0. The monoisotopic (exact) mass is 260 g/mol. The van der Waals surface area contributed by atoms with Crippen molar-refractivity contribution in [2.75, 3.05) is 46.2 Å². The Balaban J connectivity index is 3.16. The van der Waals surface area contributed by atoms with E-state index < -0.39 is 8.07 Å². The molecule has 0 saturated heterocycles. The fourth-order valence-corrected chi connectivity index (χ4v) is 1.53. The highest BCUT2D eigenvalue weighted by atomic mass is 28.3. The van der Waals surface area contributed by atoms with Crippen LogP contribution < -0.4 is 0 Å². The van der Waals surface area contributed by atoms with Crippen LogP contribution in [-0.2, 0) is 14.2 Å². The summed E-state index contributed by atoms with van der Waals surface area (Å²) < 4.78 is 15.6. The van der Waals surface area contributed by atoms with Gasteiger partial charge in [0, 0.05) is 0 Å². The van der Waals surface area contributed by atoms with Crippen molar-refractivity contribution < 1.29 is 19.3 Å². The molecule has 0 aliphatic rings. The van der Waals surface area contributed by atoms with Gasteiger partial charge in [0.1, 0.15) is 14.7 Å². The normalized spacial score (nSPS) is 11.1. The van der Waals surface area contributed by atoms with Crippen molar-refractivity contribution in [1.29, 1.82) is 0 Å². The van der Waals surface area contributed by atoms with Crippen molar-refractivity contribution in [2.24, 2.45) is 0 Å². The van der Waals surface area contributed by atoms with E-state index in [0.29, 0.717) is 39.6 Å². The molecular formula is C12H24O4Si. The molecular weight excluding hydrogens is 236 g/mol. The first kappa shape index (κ1) is 16.6. The minimum Gasteiger partial charge on any atom is -0.394 e. The standard InChI is InChI=1S/C12H24O4Si/c1-17(2,3)12-4-6-14-8-10-16-11-9-15-7-5-13/h13H,5-11H2,1-3H3. The highest BCUT2D eigenvalue weighted by molar-refractivity contribution is 6.83. The van der Waals surface area contributed by atoms with E-state index in [2.05, 4.69) is 31.1 Å². The first-order valence-electron chi connectivity index (χ1n) is 5.90. The smallest absolute Gasteiger partial charge is 0.129 e. The van der Waals surface area contributed by atoms with E-state index in [1.807, 2.05) is 0 Å². The number of hydrogen-bond donors (Lipinski definition) is 1. The molecule has 0 bridgehead atoms. The minimum atomic E-state index is -1.26. The summed E-state index contributed by atoms with van der Waals surface area (Å²) in [7, 11) is -1.26. The summed E-state index contributed by atoms with van der Waals surface area (Å²) >= 11 is 0. The van der Waals surface area contributed by atoms with E-state index in [1.165, 1.54) is 0 Å². The number of hydrogen-bond acceptors (Lipinski definition) is 4. The molecule has 0 saturated carbocycles. The largest absolute Gasteiger partial charge is 0.394 e. The third-order valence-corrected chi connectivity index (χ3v) is 2.54. The Morgan fingerprint density at radius 1 is 0.882 bits per heavy atom. The zero-order valence-electron chi connectivity index (χ0n) is 11.1. The summed E-state index contributed by atoms with van der Waals surface area (Å²) in [6, 6.07) is 0. The van der Waals surface area contributed by atoms with Gasteiger partial charge in [-0.3, -0.25) is 0 Å². The van der Waals surface area contributed by atoms with E-state index in [4.69, 9.17) is 19.3 Å². The van der Waals surface area contributed by atoms with Gasteiger partial charge in [-0.2, -0.15) is 0 Å². The molecule has 0 aromatic heterocycles. The molecule has 17 heavy (non-hydrogen) atoms. The third kappa shape index (κ3) is 15.6. The Kier molecular flexibility index (Phi) is 10.5. The van der Waals surface area contributed by atoms with Crippen LogP contribution in [0.2, 0.25) is 19.6 Å². The molecule has 0 spiro atoms. The van der Waals surface area contributed by atoms with Gasteiger partial charge in [0.2, 0.25) is 0 Å². The lowest BCUT2D eigenvalue weighted by molar-refractivity contribution is 0.0123. The van der Waals surface area contributed by atoms with Crippen LogP contribution in [0.25, 0.3) is 0 Å². The second kappa shape index (κ2) is 10.8. The van der Waals surface area contributed by atoms with Crippen molar-refractivity contribution in [1.82, 2.24) is 0 Å². The van der Waals surface area contributed by atoms with Crippen LogP contribution in [0.15, 0.2) is 0 Å². The first-order valence-corrected chi connectivity index (χ1v) is 9.40. The van der Waals surface area contributed by atoms with Crippen molar-refractivity contribution in [3.8, 4) is 11.5 Å². The molecule has 0 unspecified atom stereocenters. The van der Waals surface area contributed by atoms with Crippen LogP contribution in [-0.4, -0.2) is 59.4 Å². The Morgan fingerprint density at radius 3 is 1.94 bits per heavy atom. The van der Waals surface area contributed by atoms with Crippen LogP contribution in [0.5, 0.6) is 0 Å². The van der Waals surface area contributed by atoms with Gasteiger partial charge >= 0.3 is 0 Å². The van der Waals surface area contributed by atoms with Gasteiger partial charge in [-0.15, -0.1) is 5.54 Å². The van der Waals surface area contributed by atoms with Gasteiger partial charge in [0.25, 0.3) is 0 Å². The van der Waals surface area contributed by atoms with E-state index in [-0.39, 0.29) is 6.61 Å². The SMILES string of the molecule is C[Si](C)(C)C#CCOCCOCCOCCO. The number of ether oxygens (including phenoxy) is 3. The molecule has 0 rings (SSSR count). The second-order valence-electron chi connectivity index (χ2n) is 4.55. The molecule has 0 heterocycles. The van der Waals surface area contributed by atoms with Gasteiger partial charge < -0.3 is 19.3 Å². The van der Waals surface area contributed by atoms with Crippen molar-refractivity contribution in [3.63, 3.8) is 0 Å². The number of rotatable bonds is 9. The van der Waals surface area contributed by atoms with Crippen LogP contribution in [0.1, 0.15) is 0 Å². The average Bonchev–Trinajstić information content (AvgIpc) is 2.24. The average molecular weight is 260 g/mol. The van der Waals surface area contributed by atoms with Crippen LogP contribution in [0.3, 0.4) is 0 Å². The van der Waals surface area contributed by atoms with E-state index in [0.717, 1.165) is 0 Å². The van der Waals surface area contributed by atoms with E-state index in [9.17, 15) is 0 Å². The maximum Gasteiger partial charge on any atom is 0.129 e. The maximum absolute atomic E-state index is 8.45. The zero-order valence-corrected chi connectivity index (χ0v) is 12.1. The molecule has 5 heteroatoms. The Hall–Kier alpha value is -0.383. The van der Waals surface area contributed by atoms with Crippen LogP contribution in [0.4, 0.5) is 0 Å². The lowest BCUT2D eigenvalue weighted by Gasteiger charge is -2.05. The van der Waals surface area contributed by atoms with Gasteiger partial charge in [0.15, 0.2) is 0 Å². The van der Waals surface area contributed by atoms with Gasteiger partial charge in [0.05, 0.1) is 39.6 Å². The summed E-state index contributed by atoms with van der Waals surface area (Å²) in [4.78, 5) is 0. The summed E-state index contributed by atoms with van der Waals surface area (Å²) in [5.41, 5.74) is 3.23. The van der Waals surface area contributed by atoms with Crippen molar-refractivity contribution in [2.45, 2.75) is 19.6 Å². The molecule has 0 aliphatic carbocycles. The van der Waals surface area contributed by atoms with E-state index in [1.54, 1.807) is 0 Å². The summed E-state index contributed by atoms with van der Waals surface area (Å²) in [5, 5.41) is 8.45. The highest BCUT2D eigenvalue weighted by Gasteiger charge is 2.06. The molecule has 0 aromatic carbocycles. The lowest BCUT2D eigenvalue weighted by atomic mass is 10.7. The van der Waals surface area contributed by atoms with Crippen LogP contribution in [0, 0.1) is 11.5 Å². The summed E-state index contributed by atoms with van der Waals surface area (Å²) in [5.74, 6) is 3.03. The van der Waals surface area contributed by atoms with Gasteiger partial charge in [-0.25, -0.2) is 0 Å². The summed E-state index contributed by atoms with van der Waals surface area (Å²) in [6.07, 6.45) is 0. The summed E-state index contributed by atoms with van der Waals surface area (Å²) in [6.45, 7) is 9.66. The van der Waals surface area contributed by atoms with Crippen molar-refractivity contribution in [3.05, 3.63) is 0 Å². The topological polar surface area (TPSA) is 47.9 Å². The van der Waals surface area contributed by atoms with Gasteiger partial charge in [-0.1, -0.05) is 25.6 Å².